The van der Waals surface area contributed by atoms with E-state index in [0.717, 1.165) is 32.4 Å². The summed E-state index contributed by atoms with van der Waals surface area (Å²) >= 11 is 0. The maximum absolute atomic E-state index is 13.4. The minimum absolute atomic E-state index is 0.133. The van der Waals surface area contributed by atoms with Crippen molar-refractivity contribution in [3.63, 3.8) is 0 Å². The SMILES string of the molecule is O=C(Nc1ccnn1C1CCN(C(=O)C2CC23CCC3)CC1)c1cccc(F)c1. The predicted molar refractivity (Wildman–Crippen MR) is 106 cm³/mol. The van der Waals surface area contributed by atoms with Gasteiger partial charge in [-0.2, -0.15) is 5.10 Å². The second-order valence-corrected chi connectivity index (χ2v) is 8.65. The van der Waals surface area contributed by atoms with Gasteiger partial charge in [0.2, 0.25) is 5.91 Å². The van der Waals surface area contributed by atoms with E-state index in [1.54, 1.807) is 18.3 Å². The van der Waals surface area contributed by atoms with Crippen molar-refractivity contribution < 1.29 is 14.0 Å². The number of rotatable bonds is 4. The number of amides is 2. The summed E-state index contributed by atoms with van der Waals surface area (Å²) in [5.41, 5.74) is 0.636. The molecule has 1 saturated heterocycles. The van der Waals surface area contributed by atoms with E-state index in [4.69, 9.17) is 0 Å². The molecule has 1 aromatic carbocycles. The molecular weight excluding hydrogens is 371 g/mol. The van der Waals surface area contributed by atoms with Crippen molar-refractivity contribution in [2.45, 2.75) is 44.6 Å². The van der Waals surface area contributed by atoms with Gasteiger partial charge < -0.3 is 10.2 Å². The van der Waals surface area contributed by atoms with Crippen LogP contribution in [0.25, 0.3) is 0 Å². The van der Waals surface area contributed by atoms with Crippen LogP contribution < -0.4 is 5.32 Å². The fraction of sp³-hybridized carbons (Fsp3) is 0.500. The zero-order chi connectivity index (χ0) is 20.0. The molecule has 1 unspecified atom stereocenters. The van der Waals surface area contributed by atoms with Gasteiger partial charge in [0.25, 0.3) is 5.91 Å². The van der Waals surface area contributed by atoms with Gasteiger partial charge in [-0.25, -0.2) is 9.07 Å². The lowest BCUT2D eigenvalue weighted by atomic mass is 9.79. The Morgan fingerprint density at radius 3 is 2.62 bits per heavy atom. The molecule has 2 aromatic rings. The molecule has 1 spiro atoms. The summed E-state index contributed by atoms with van der Waals surface area (Å²) in [7, 11) is 0. The molecule has 6 nitrogen and oxygen atoms in total. The first-order valence-electron chi connectivity index (χ1n) is 10.4. The molecule has 5 rings (SSSR count). The lowest BCUT2D eigenvalue weighted by Gasteiger charge is -2.34. The summed E-state index contributed by atoms with van der Waals surface area (Å²) in [5, 5.41) is 7.23. The molecule has 152 valence electrons. The van der Waals surface area contributed by atoms with E-state index in [9.17, 15) is 14.0 Å². The minimum Gasteiger partial charge on any atom is -0.342 e. The van der Waals surface area contributed by atoms with E-state index in [2.05, 4.69) is 10.4 Å². The minimum atomic E-state index is -0.442. The molecule has 1 aromatic heterocycles. The monoisotopic (exact) mass is 396 g/mol. The van der Waals surface area contributed by atoms with E-state index in [0.29, 0.717) is 17.1 Å². The summed E-state index contributed by atoms with van der Waals surface area (Å²) in [6, 6.07) is 7.50. The van der Waals surface area contributed by atoms with Crippen LogP contribution in [-0.4, -0.2) is 39.6 Å². The molecule has 2 aliphatic carbocycles. The van der Waals surface area contributed by atoms with E-state index < -0.39 is 5.82 Å². The molecule has 2 amide bonds. The van der Waals surface area contributed by atoms with Crippen molar-refractivity contribution in [1.29, 1.82) is 0 Å². The van der Waals surface area contributed by atoms with Crippen LogP contribution in [0.15, 0.2) is 36.5 Å². The molecule has 29 heavy (non-hydrogen) atoms. The molecule has 3 aliphatic rings. The van der Waals surface area contributed by atoms with Gasteiger partial charge in [-0.05, 0) is 55.7 Å². The van der Waals surface area contributed by atoms with Crippen LogP contribution in [0.1, 0.15) is 54.9 Å². The molecule has 1 atom stereocenters. The van der Waals surface area contributed by atoms with Gasteiger partial charge in [0.15, 0.2) is 0 Å². The highest BCUT2D eigenvalue weighted by molar-refractivity contribution is 6.03. The fourth-order valence-corrected chi connectivity index (χ4v) is 4.95. The molecule has 3 fully saturated rings. The Balaban J connectivity index is 1.20. The highest BCUT2D eigenvalue weighted by atomic mass is 19.1. The number of halogens is 1. The van der Waals surface area contributed by atoms with Crippen molar-refractivity contribution in [3.8, 4) is 0 Å². The molecular formula is C22H25FN4O2. The molecule has 0 radical (unpaired) electrons. The lowest BCUT2D eigenvalue weighted by molar-refractivity contribution is -0.135. The molecule has 1 aliphatic heterocycles. The third-order valence-electron chi connectivity index (χ3n) is 6.96. The van der Waals surface area contributed by atoms with Crippen LogP contribution in [0.5, 0.6) is 0 Å². The normalized spacial score (nSPS) is 22.9. The number of anilines is 1. The molecule has 7 heteroatoms. The zero-order valence-corrected chi connectivity index (χ0v) is 16.3. The Hall–Kier alpha value is -2.70. The number of nitrogens with one attached hydrogen (secondary N) is 1. The van der Waals surface area contributed by atoms with Crippen molar-refractivity contribution in [3.05, 3.63) is 47.9 Å². The Bertz CT molecular complexity index is 944. The van der Waals surface area contributed by atoms with Gasteiger partial charge >= 0.3 is 0 Å². The third kappa shape index (κ3) is 3.32. The summed E-state index contributed by atoms with van der Waals surface area (Å²) < 4.78 is 15.2. The lowest BCUT2D eigenvalue weighted by Crippen LogP contribution is -2.41. The van der Waals surface area contributed by atoms with Crippen molar-refractivity contribution in [2.75, 3.05) is 18.4 Å². The Morgan fingerprint density at radius 2 is 1.97 bits per heavy atom. The van der Waals surface area contributed by atoms with E-state index in [1.807, 2.05) is 9.58 Å². The number of benzene rings is 1. The highest BCUT2D eigenvalue weighted by Gasteiger charge is 2.61. The van der Waals surface area contributed by atoms with Crippen LogP contribution in [0.4, 0.5) is 10.2 Å². The zero-order valence-electron chi connectivity index (χ0n) is 16.3. The second kappa shape index (κ2) is 6.97. The number of piperidine rings is 1. The first kappa shape index (κ1) is 18.3. The van der Waals surface area contributed by atoms with Gasteiger partial charge in [0, 0.05) is 30.6 Å². The molecule has 0 bridgehead atoms. The molecule has 1 N–H and O–H groups in total. The van der Waals surface area contributed by atoms with Gasteiger partial charge in [0.05, 0.1) is 12.2 Å². The van der Waals surface area contributed by atoms with Crippen molar-refractivity contribution in [2.24, 2.45) is 11.3 Å². The summed E-state index contributed by atoms with van der Waals surface area (Å²) in [6.07, 6.45) is 8.09. The van der Waals surface area contributed by atoms with Gasteiger partial charge in [0.1, 0.15) is 11.6 Å². The quantitative estimate of drug-likeness (QED) is 0.858. The van der Waals surface area contributed by atoms with Crippen LogP contribution >= 0.6 is 0 Å². The van der Waals surface area contributed by atoms with Gasteiger partial charge in [-0.1, -0.05) is 12.5 Å². The summed E-state index contributed by atoms with van der Waals surface area (Å²) in [4.78, 5) is 27.2. The smallest absolute Gasteiger partial charge is 0.256 e. The van der Waals surface area contributed by atoms with Gasteiger partial charge in [-0.15, -0.1) is 0 Å². The summed E-state index contributed by atoms with van der Waals surface area (Å²) in [5.74, 6) is 0.391. The van der Waals surface area contributed by atoms with Crippen molar-refractivity contribution in [1.82, 2.24) is 14.7 Å². The Morgan fingerprint density at radius 1 is 1.17 bits per heavy atom. The van der Waals surface area contributed by atoms with E-state index >= 15 is 0 Å². The first-order valence-corrected chi connectivity index (χ1v) is 10.4. The fourth-order valence-electron chi connectivity index (χ4n) is 4.95. The number of hydrogen-bond donors (Lipinski definition) is 1. The maximum atomic E-state index is 13.4. The third-order valence-corrected chi connectivity index (χ3v) is 6.96. The van der Waals surface area contributed by atoms with Crippen LogP contribution in [0.3, 0.4) is 0 Å². The largest absolute Gasteiger partial charge is 0.342 e. The van der Waals surface area contributed by atoms with E-state index in [-0.39, 0.29) is 23.4 Å². The molecule has 2 saturated carbocycles. The maximum Gasteiger partial charge on any atom is 0.256 e. The standard InChI is InChI=1S/C22H25FN4O2/c23-16-4-1-3-15(13-16)20(28)25-19-5-10-24-27(19)17-6-11-26(12-7-17)21(29)18-14-22(18)8-2-9-22/h1,3-5,10,13,17-18H,2,6-9,11-12,14H2,(H,25,28). The predicted octanol–water partition coefficient (Wildman–Crippen LogP) is 3.63. The molecule has 2 heterocycles. The van der Waals surface area contributed by atoms with Crippen LogP contribution in [0.2, 0.25) is 0 Å². The number of aromatic nitrogens is 2. The van der Waals surface area contributed by atoms with Crippen LogP contribution in [0, 0.1) is 17.2 Å². The first-order chi connectivity index (χ1) is 14.1. The number of nitrogens with zero attached hydrogens (tertiary/aromatic N) is 3. The van der Waals surface area contributed by atoms with Gasteiger partial charge in [-0.3, -0.25) is 9.59 Å². The number of carbonyl (C=O) groups is 2. The van der Waals surface area contributed by atoms with Crippen LogP contribution in [-0.2, 0) is 4.79 Å². The topological polar surface area (TPSA) is 67.2 Å². The Kier molecular flexibility index (Phi) is 4.41. The van der Waals surface area contributed by atoms with Crippen molar-refractivity contribution >= 4 is 17.6 Å². The summed E-state index contributed by atoms with van der Waals surface area (Å²) in [6.45, 7) is 1.46. The average molecular weight is 396 g/mol. The number of likely N-dealkylation sites (tertiary alicyclic amines) is 1. The number of hydrogen-bond acceptors (Lipinski definition) is 3. The Labute approximate surface area is 169 Å². The average Bonchev–Trinajstić information content (AvgIpc) is 3.33. The van der Waals surface area contributed by atoms with E-state index in [1.165, 1.54) is 37.5 Å². The second-order valence-electron chi connectivity index (χ2n) is 8.65. The number of carbonyl (C=O) groups excluding carboxylic acids is 2. The highest BCUT2D eigenvalue weighted by Crippen LogP contribution is 2.66.